The normalized spacial score (nSPS) is 18.5. The lowest BCUT2D eigenvalue weighted by Crippen LogP contribution is -2.37. The minimum Gasteiger partial charge on any atom is -0.390 e. The van der Waals surface area contributed by atoms with Gasteiger partial charge in [-0.25, -0.2) is 4.39 Å². The van der Waals surface area contributed by atoms with Gasteiger partial charge in [0.05, 0.1) is 5.60 Å². The van der Waals surface area contributed by atoms with Crippen molar-refractivity contribution in [3.63, 3.8) is 0 Å². The number of halogens is 1. The number of rotatable bonds is 5. The predicted molar refractivity (Wildman–Crippen MR) is 77.0 cm³/mol. The highest BCUT2D eigenvalue weighted by molar-refractivity contribution is 5.81. The van der Waals surface area contributed by atoms with Gasteiger partial charge in [-0.3, -0.25) is 4.79 Å². The van der Waals surface area contributed by atoms with E-state index in [0.29, 0.717) is 13.0 Å². The number of nitrogens with zero attached hydrogens (tertiary/aromatic N) is 1. The number of carbonyl (C=O) groups is 1. The Kier molecular flexibility index (Phi) is 4.96. The van der Waals surface area contributed by atoms with E-state index in [1.807, 2.05) is 0 Å². The van der Waals surface area contributed by atoms with Crippen LogP contribution in [0.15, 0.2) is 24.3 Å². The molecule has 4 nitrogen and oxygen atoms in total. The number of carbonyl (C=O) groups excluding carboxylic acids is 1. The van der Waals surface area contributed by atoms with Gasteiger partial charge in [0.1, 0.15) is 5.82 Å². The lowest BCUT2D eigenvalue weighted by molar-refractivity contribution is -0.139. The SMILES string of the molecule is CN(CCC1(O)CCCC1)C(=O)[C@@H](O)c1cccc(F)c1. The van der Waals surface area contributed by atoms with Gasteiger partial charge in [0.15, 0.2) is 6.10 Å². The van der Waals surface area contributed by atoms with Crippen molar-refractivity contribution >= 4 is 5.91 Å². The lowest BCUT2D eigenvalue weighted by atomic mass is 9.97. The maximum Gasteiger partial charge on any atom is 0.255 e. The molecular formula is C16H22FNO3. The maximum atomic E-state index is 13.1. The summed E-state index contributed by atoms with van der Waals surface area (Å²) >= 11 is 0. The van der Waals surface area contributed by atoms with Gasteiger partial charge in [-0.1, -0.05) is 25.0 Å². The van der Waals surface area contributed by atoms with E-state index in [4.69, 9.17) is 0 Å². The molecule has 1 atom stereocenters. The first-order valence-electron chi connectivity index (χ1n) is 7.32. The van der Waals surface area contributed by atoms with E-state index in [1.54, 1.807) is 7.05 Å². The number of aliphatic hydroxyl groups is 2. The molecule has 0 heterocycles. The summed E-state index contributed by atoms with van der Waals surface area (Å²) < 4.78 is 13.1. The van der Waals surface area contributed by atoms with Crippen LogP contribution in [0.3, 0.4) is 0 Å². The van der Waals surface area contributed by atoms with Gasteiger partial charge >= 0.3 is 0 Å². The number of hydrogen-bond donors (Lipinski definition) is 2. The highest BCUT2D eigenvalue weighted by atomic mass is 19.1. The number of benzene rings is 1. The van der Waals surface area contributed by atoms with Crippen LogP contribution in [0.4, 0.5) is 4.39 Å². The first-order valence-corrected chi connectivity index (χ1v) is 7.32. The average Bonchev–Trinajstić information content (AvgIpc) is 2.90. The molecule has 0 bridgehead atoms. The molecule has 5 heteroatoms. The van der Waals surface area contributed by atoms with Gasteiger partial charge in [0.25, 0.3) is 5.91 Å². The summed E-state index contributed by atoms with van der Waals surface area (Å²) in [5, 5.41) is 20.3. The fourth-order valence-corrected chi connectivity index (χ4v) is 2.80. The van der Waals surface area contributed by atoms with Crippen molar-refractivity contribution in [1.82, 2.24) is 4.90 Å². The molecule has 21 heavy (non-hydrogen) atoms. The first kappa shape index (κ1) is 15.9. The molecule has 1 aromatic rings. The van der Waals surface area contributed by atoms with Crippen molar-refractivity contribution in [2.75, 3.05) is 13.6 Å². The number of amides is 1. The number of likely N-dealkylation sites (N-methyl/N-ethyl adjacent to an activating group) is 1. The van der Waals surface area contributed by atoms with Crippen molar-refractivity contribution in [2.45, 2.75) is 43.8 Å². The molecule has 116 valence electrons. The monoisotopic (exact) mass is 295 g/mol. The van der Waals surface area contributed by atoms with Gasteiger partial charge in [-0.05, 0) is 37.0 Å². The van der Waals surface area contributed by atoms with E-state index >= 15 is 0 Å². The Balaban J connectivity index is 1.92. The van der Waals surface area contributed by atoms with Crippen LogP contribution in [0.2, 0.25) is 0 Å². The summed E-state index contributed by atoms with van der Waals surface area (Å²) in [5.41, 5.74) is -0.440. The summed E-state index contributed by atoms with van der Waals surface area (Å²) in [5.74, 6) is -0.968. The second-order valence-electron chi connectivity index (χ2n) is 5.90. The predicted octanol–water partition coefficient (Wildman–Crippen LogP) is 2.01. The summed E-state index contributed by atoms with van der Waals surface area (Å²) in [6.07, 6.45) is 2.69. The average molecular weight is 295 g/mol. The highest BCUT2D eigenvalue weighted by Crippen LogP contribution is 2.32. The fourth-order valence-electron chi connectivity index (χ4n) is 2.80. The van der Waals surface area contributed by atoms with Crippen LogP contribution in [0.5, 0.6) is 0 Å². The quantitative estimate of drug-likeness (QED) is 0.873. The first-order chi connectivity index (χ1) is 9.91. The standard InChI is InChI=1S/C16H22FNO3/c1-18(10-9-16(21)7-2-3-8-16)15(20)14(19)12-5-4-6-13(17)11-12/h4-6,11,14,19,21H,2-3,7-10H2,1H3/t14-/m0/s1. The third-order valence-electron chi connectivity index (χ3n) is 4.22. The Morgan fingerprint density at radius 2 is 2.10 bits per heavy atom. The molecule has 1 aliphatic carbocycles. The maximum absolute atomic E-state index is 13.1. The third kappa shape index (κ3) is 4.02. The zero-order valence-electron chi connectivity index (χ0n) is 12.3. The van der Waals surface area contributed by atoms with Gasteiger partial charge < -0.3 is 15.1 Å². The van der Waals surface area contributed by atoms with Crippen molar-refractivity contribution < 1.29 is 19.4 Å². The molecule has 0 saturated heterocycles. The lowest BCUT2D eigenvalue weighted by Gasteiger charge is -2.27. The molecule has 0 unspecified atom stereocenters. The second kappa shape index (κ2) is 6.54. The molecule has 1 aliphatic rings. The Labute approximate surface area is 124 Å². The van der Waals surface area contributed by atoms with E-state index in [2.05, 4.69) is 0 Å². The number of aliphatic hydroxyl groups excluding tert-OH is 1. The fraction of sp³-hybridized carbons (Fsp3) is 0.562. The molecule has 0 aromatic heterocycles. The van der Waals surface area contributed by atoms with Crippen LogP contribution in [-0.4, -0.2) is 40.2 Å². The van der Waals surface area contributed by atoms with Crippen molar-refractivity contribution in [3.8, 4) is 0 Å². The molecule has 0 radical (unpaired) electrons. The highest BCUT2D eigenvalue weighted by Gasteiger charge is 2.32. The van der Waals surface area contributed by atoms with E-state index < -0.39 is 23.4 Å². The van der Waals surface area contributed by atoms with E-state index in [1.165, 1.54) is 23.1 Å². The van der Waals surface area contributed by atoms with Crippen LogP contribution in [0, 0.1) is 5.82 Å². The van der Waals surface area contributed by atoms with E-state index in [0.717, 1.165) is 31.7 Å². The van der Waals surface area contributed by atoms with Gasteiger partial charge in [-0.2, -0.15) is 0 Å². The molecule has 1 fully saturated rings. The topological polar surface area (TPSA) is 60.8 Å². The molecule has 1 amide bonds. The van der Waals surface area contributed by atoms with Gasteiger partial charge in [-0.15, -0.1) is 0 Å². The van der Waals surface area contributed by atoms with Crippen LogP contribution in [0.25, 0.3) is 0 Å². The van der Waals surface area contributed by atoms with E-state index in [9.17, 15) is 19.4 Å². The van der Waals surface area contributed by atoms with Crippen LogP contribution >= 0.6 is 0 Å². The van der Waals surface area contributed by atoms with Crippen LogP contribution in [0.1, 0.15) is 43.8 Å². The minimum absolute atomic E-state index is 0.242. The van der Waals surface area contributed by atoms with Gasteiger partial charge in [0, 0.05) is 13.6 Å². The Hall–Kier alpha value is -1.46. The summed E-state index contributed by atoms with van der Waals surface area (Å²) in [7, 11) is 1.59. The zero-order chi connectivity index (χ0) is 15.5. The Bertz CT molecular complexity index is 500. The van der Waals surface area contributed by atoms with Crippen molar-refractivity contribution in [1.29, 1.82) is 0 Å². The summed E-state index contributed by atoms with van der Waals surface area (Å²) in [6, 6.07) is 5.40. The smallest absolute Gasteiger partial charge is 0.255 e. The zero-order valence-corrected chi connectivity index (χ0v) is 12.3. The third-order valence-corrected chi connectivity index (χ3v) is 4.22. The number of hydrogen-bond acceptors (Lipinski definition) is 3. The molecular weight excluding hydrogens is 273 g/mol. The molecule has 1 saturated carbocycles. The molecule has 2 rings (SSSR count). The van der Waals surface area contributed by atoms with Crippen LogP contribution < -0.4 is 0 Å². The van der Waals surface area contributed by atoms with Gasteiger partial charge in [0.2, 0.25) is 0 Å². The van der Waals surface area contributed by atoms with Crippen molar-refractivity contribution in [2.24, 2.45) is 0 Å². The Morgan fingerprint density at radius 3 is 2.71 bits per heavy atom. The minimum atomic E-state index is -1.37. The largest absolute Gasteiger partial charge is 0.390 e. The summed E-state index contributed by atoms with van der Waals surface area (Å²) in [4.78, 5) is 13.5. The second-order valence-corrected chi connectivity index (χ2v) is 5.90. The molecule has 0 spiro atoms. The van der Waals surface area contributed by atoms with Crippen LogP contribution in [-0.2, 0) is 4.79 Å². The summed E-state index contributed by atoms with van der Waals surface area (Å²) in [6.45, 7) is 0.377. The molecule has 1 aromatic carbocycles. The Morgan fingerprint density at radius 1 is 1.43 bits per heavy atom. The molecule has 2 N–H and O–H groups in total. The van der Waals surface area contributed by atoms with E-state index in [-0.39, 0.29) is 5.56 Å². The molecule has 0 aliphatic heterocycles. The van der Waals surface area contributed by atoms with Crippen molar-refractivity contribution in [3.05, 3.63) is 35.6 Å².